The van der Waals surface area contributed by atoms with Crippen LogP contribution in [0, 0.1) is 14.9 Å². The van der Waals surface area contributed by atoms with E-state index < -0.39 is 11.9 Å². The maximum absolute atomic E-state index is 12.7. The molecule has 1 aromatic heterocycles. The predicted molar refractivity (Wildman–Crippen MR) is 118 cm³/mol. The van der Waals surface area contributed by atoms with Crippen LogP contribution >= 0.6 is 33.9 Å². The summed E-state index contributed by atoms with van der Waals surface area (Å²) in [5.41, 5.74) is 2.18. The Hall–Kier alpha value is -2.18. The summed E-state index contributed by atoms with van der Waals surface area (Å²) in [6.07, 6.45) is 5.33. The second kappa shape index (κ2) is 9.34. The third-order valence-corrected chi connectivity index (χ3v) is 6.35. The van der Waals surface area contributed by atoms with Gasteiger partial charge in [-0.15, -0.1) is 11.3 Å². The number of benzene rings is 1. The SMILES string of the molecule is CCOC(=O)c1c(NC(=O)/C(C#N)=C/c2ccc(I)cc2)sc2c1CCCC2. The van der Waals surface area contributed by atoms with Crippen molar-refractivity contribution in [1.29, 1.82) is 5.26 Å². The number of aryl methyl sites for hydroxylation is 1. The lowest BCUT2D eigenvalue weighted by molar-refractivity contribution is -0.112. The topological polar surface area (TPSA) is 79.2 Å². The first kappa shape index (κ1) is 20.6. The van der Waals surface area contributed by atoms with E-state index >= 15 is 0 Å². The fourth-order valence-corrected chi connectivity index (χ4v) is 4.75. The van der Waals surface area contributed by atoms with Crippen molar-refractivity contribution in [2.45, 2.75) is 32.6 Å². The number of fused-ring (bicyclic) bond motifs is 1. The molecule has 0 fully saturated rings. The number of nitrogens with one attached hydrogen (secondary N) is 1. The van der Waals surface area contributed by atoms with Crippen LogP contribution in [0.25, 0.3) is 6.08 Å². The van der Waals surface area contributed by atoms with Crippen molar-refractivity contribution in [3.63, 3.8) is 0 Å². The van der Waals surface area contributed by atoms with Gasteiger partial charge >= 0.3 is 5.97 Å². The minimum Gasteiger partial charge on any atom is -0.462 e. The first-order chi connectivity index (χ1) is 13.5. The van der Waals surface area contributed by atoms with E-state index in [1.54, 1.807) is 13.0 Å². The largest absolute Gasteiger partial charge is 0.462 e. The third-order valence-electron chi connectivity index (χ3n) is 4.42. The van der Waals surface area contributed by atoms with Crippen LogP contribution in [-0.2, 0) is 22.4 Å². The summed E-state index contributed by atoms with van der Waals surface area (Å²) in [7, 11) is 0. The maximum atomic E-state index is 12.7. The summed E-state index contributed by atoms with van der Waals surface area (Å²) >= 11 is 3.60. The van der Waals surface area contributed by atoms with Gasteiger partial charge < -0.3 is 10.1 Å². The van der Waals surface area contributed by atoms with E-state index in [4.69, 9.17) is 4.74 Å². The quantitative estimate of drug-likeness (QED) is 0.269. The molecule has 144 valence electrons. The van der Waals surface area contributed by atoms with Crippen molar-refractivity contribution in [2.24, 2.45) is 0 Å². The van der Waals surface area contributed by atoms with Gasteiger partial charge in [0.15, 0.2) is 0 Å². The molecule has 1 N–H and O–H groups in total. The molecule has 0 atom stereocenters. The molecule has 1 heterocycles. The van der Waals surface area contributed by atoms with E-state index in [1.807, 2.05) is 30.3 Å². The number of nitrogens with zero attached hydrogens (tertiary/aromatic N) is 1. The van der Waals surface area contributed by atoms with E-state index in [1.165, 1.54) is 11.3 Å². The van der Waals surface area contributed by atoms with Gasteiger partial charge in [0.1, 0.15) is 16.6 Å². The maximum Gasteiger partial charge on any atom is 0.341 e. The van der Waals surface area contributed by atoms with Gasteiger partial charge in [-0.25, -0.2) is 4.79 Å². The number of hydrogen-bond acceptors (Lipinski definition) is 5. The van der Waals surface area contributed by atoms with Crippen molar-refractivity contribution in [2.75, 3.05) is 11.9 Å². The third kappa shape index (κ3) is 4.62. The Kier molecular flexibility index (Phi) is 6.86. The number of amides is 1. The highest BCUT2D eigenvalue weighted by Crippen LogP contribution is 2.38. The molecule has 0 saturated heterocycles. The lowest BCUT2D eigenvalue weighted by atomic mass is 9.95. The first-order valence-electron chi connectivity index (χ1n) is 9.03. The Bertz CT molecular complexity index is 971. The van der Waals surface area contributed by atoms with Crippen molar-refractivity contribution >= 4 is 56.9 Å². The Labute approximate surface area is 181 Å². The van der Waals surface area contributed by atoms with Crippen LogP contribution in [0.2, 0.25) is 0 Å². The standard InChI is InChI=1S/C21H19IN2O3S/c1-2-27-21(26)18-16-5-3-4-6-17(16)28-20(18)24-19(25)14(12-23)11-13-7-9-15(22)10-8-13/h7-11H,2-6H2,1H3,(H,24,25)/b14-11+. The number of nitriles is 1. The van der Waals surface area contributed by atoms with Crippen LogP contribution in [0.5, 0.6) is 0 Å². The minimum absolute atomic E-state index is 0.0117. The molecule has 0 spiro atoms. The number of halogens is 1. The highest BCUT2D eigenvalue weighted by Gasteiger charge is 2.27. The van der Waals surface area contributed by atoms with Gasteiger partial charge in [0.05, 0.1) is 12.2 Å². The Morgan fingerprint density at radius 1 is 1.29 bits per heavy atom. The van der Waals surface area contributed by atoms with Crippen molar-refractivity contribution in [3.05, 3.63) is 55.0 Å². The number of rotatable bonds is 5. The molecule has 0 saturated carbocycles. The normalized spacial score (nSPS) is 13.4. The van der Waals surface area contributed by atoms with Crippen LogP contribution in [0.15, 0.2) is 29.8 Å². The van der Waals surface area contributed by atoms with Crippen molar-refractivity contribution in [1.82, 2.24) is 0 Å². The predicted octanol–water partition coefficient (Wildman–Crippen LogP) is 4.95. The van der Waals surface area contributed by atoms with Gasteiger partial charge in [-0.05, 0) is 84.5 Å². The van der Waals surface area contributed by atoms with Gasteiger partial charge in [-0.2, -0.15) is 5.26 Å². The highest BCUT2D eigenvalue weighted by atomic mass is 127. The summed E-state index contributed by atoms with van der Waals surface area (Å²) in [4.78, 5) is 26.3. The molecule has 7 heteroatoms. The molecule has 0 radical (unpaired) electrons. The van der Waals surface area contributed by atoms with E-state index in [0.717, 1.165) is 45.3 Å². The molecule has 1 amide bonds. The number of carbonyl (C=O) groups excluding carboxylic acids is 2. The average molecular weight is 506 g/mol. The Morgan fingerprint density at radius 3 is 2.68 bits per heavy atom. The van der Waals surface area contributed by atoms with Gasteiger partial charge in [-0.3, -0.25) is 4.79 Å². The summed E-state index contributed by atoms with van der Waals surface area (Å²) in [6.45, 7) is 2.03. The molecule has 2 aromatic rings. The number of hydrogen-bond donors (Lipinski definition) is 1. The smallest absolute Gasteiger partial charge is 0.341 e. The van der Waals surface area contributed by atoms with Crippen LogP contribution in [0.1, 0.15) is 46.1 Å². The zero-order chi connectivity index (χ0) is 20.1. The van der Waals surface area contributed by atoms with E-state index in [0.29, 0.717) is 10.6 Å². The highest BCUT2D eigenvalue weighted by molar-refractivity contribution is 14.1. The van der Waals surface area contributed by atoms with Gasteiger partial charge in [-0.1, -0.05) is 12.1 Å². The number of anilines is 1. The fourth-order valence-electron chi connectivity index (χ4n) is 3.12. The first-order valence-corrected chi connectivity index (χ1v) is 10.9. The number of thiophene rings is 1. The second-order valence-corrected chi connectivity index (χ2v) is 8.66. The summed E-state index contributed by atoms with van der Waals surface area (Å²) in [5, 5.41) is 12.7. The molecule has 1 aliphatic rings. The monoisotopic (exact) mass is 506 g/mol. The van der Waals surface area contributed by atoms with E-state index in [-0.39, 0.29) is 12.2 Å². The Morgan fingerprint density at radius 2 is 2.00 bits per heavy atom. The Balaban J connectivity index is 1.90. The fraction of sp³-hybridized carbons (Fsp3) is 0.286. The molecule has 5 nitrogen and oxygen atoms in total. The lowest BCUT2D eigenvalue weighted by Crippen LogP contribution is -2.16. The molecular formula is C21H19IN2O3S. The molecule has 0 unspecified atom stereocenters. The van der Waals surface area contributed by atoms with Crippen LogP contribution in [0.3, 0.4) is 0 Å². The summed E-state index contributed by atoms with van der Waals surface area (Å²) < 4.78 is 6.27. The summed E-state index contributed by atoms with van der Waals surface area (Å²) in [6, 6.07) is 9.47. The molecule has 0 aliphatic heterocycles. The molecule has 1 aliphatic carbocycles. The molecule has 3 rings (SSSR count). The van der Waals surface area contributed by atoms with Gasteiger partial charge in [0.2, 0.25) is 0 Å². The zero-order valence-corrected chi connectivity index (χ0v) is 18.4. The van der Waals surface area contributed by atoms with Crippen molar-refractivity contribution in [3.8, 4) is 6.07 Å². The molecule has 28 heavy (non-hydrogen) atoms. The van der Waals surface area contributed by atoms with E-state index in [2.05, 4.69) is 27.9 Å². The lowest BCUT2D eigenvalue weighted by Gasteiger charge is -2.12. The number of carbonyl (C=O) groups is 2. The minimum atomic E-state index is -0.523. The van der Waals surface area contributed by atoms with E-state index in [9.17, 15) is 14.9 Å². The second-order valence-electron chi connectivity index (χ2n) is 6.31. The molecule has 1 aromatic carbocycles. The summed E-state index contributed by atoms with van der Waals surface area (Å²) in [5.74, 6) is -0.942. The van der Waals surface area contributed by atoms with Crippen LogP contribution < -0.4 is 5.32 Å². The van der Waals surface area contributed by atoms with Gasteiger partial charge in [0.25, 0.3) is 5.91 Å². The van der Waals surface area contributed by atoms with Crippen LogP contribution in [0.4, 0.5) is 5.00 Å². The molecular weight excluding hydrogens is 487 g/mol. The molecule has 0 bridgehead atoms. The number of esters is 1. The number of ether oxygens (including phenoxy) is 1. The van der Waals surface area contributed by atoms with Gasteiger partial charge in [0, 0.05) is 8.45 Å². The average Bonchev–Trinajstić information content (AvgIpc) is 3.05. The van der Waals surface area contributed by atoms with Crippen LogP contribution in [-0.4, -0.2) is 18.5 Å². The zero-order valence-electron chi connectivity index (χ0n) is 15.4. The van der Waals surface area contributed by atoms with Crippen molar-refractivity contribution < 1.29 is 14.3 Å².